The van der Waals surface area contributed by atoms with Gasteiger partial charge in [0.05, 0.1) is 22.1 Å². The Kier molecular flexibility index (Phi) is 4.32. The van der Waals surface area contributed by atoms with E-state index >= 15 is 0 Å². The number of hydrogen-bond donors (Lipinski definition) is 1. The van der Waals surface area contributed by atoms with Gasteiger partial charge in [0.15, 0.2) is 5.82 Å². The van der Waals surface area contributed by atoms with Gasteiger partial charge in [-0.05, 0) is 55.8 Å². The average Bonchev–Trinajstić information content (AvgIpc) is 2.68. The lowest BCUT2D eigenvalue weighted by atomic mass is 10.2. The number of pyridine rings is 1. The lowest BCUT2D eigenvalue weighted by Gasteiger charge is -2.19. The van der Waals surface area contributed by atoms with Gasteiger partial charge in [-0.1, -0.05) is 0 Å². The number of nitrogens with one attached hydrogen (secondary N) is 1. The fourth-order valence-electron chi connectivity index (χ4n) is 1.57. The van der Waals surface area contributed by atoms with E-state index in [0.29, 0.717) is 11.5 Å². The molecule has 0 aromatic carbocycles. The van der Waals surface area contributed by atoms with Crippen LogP contribution in [0.15, 0.2) is 29.0 Å². The van der Waals surface area contributed by atoms with Gasteiger partial charge in [0, 0.05) is 6.20 Å². The summed E-state index contributed by atoms with van der Waals surface area (Å²) in [4.78, 5) is 15.9. The molecule has 0 atom stereocenters. The zero-order valence-corrected chi connectivity index (χ0v) is 13.9. The summed E-state index contributed by atoms with van der Waals surface area (Å²) in [5.41, 5.74) is 0.916. The molecule has 2 aromatic heterocycles. The second kappa shape index (κ2) is 5.85. The molecule has 2 heterocycles. The summed E-state index contributed by atoms with van der Waals surface area (Å²) in [5, 5.41) is 6.95. The van der Waals surface area contributed by atoms with Gasteiger partial charge in [-0.3, -0.25) is 5.32 Å². The minimum atomic E-state index is -0.531. The number of halogens is 1. The molecule has 0 unspecified atom stereocenters. The van der Waals surface area contributed by atoms with Gasteiger partial charge in [-0.2, -0.15) is 5.10 Å². The Morgan fingerprint density at radius 2 is 2.10 bits per heavy atom. The fourth-order valence-corrected chi connectivity index (χ4v) is 1.85. The molecule has 0 aliphatic heterocycles. The number of ether oxygens (including phenoxy) is 1. The molecule has 1 amide bonds. The number of aryl methyl sites for hydroxylation is 1. The molecule has 2 rings (SSSR count). The molecule has 1 N–H and O–H groups in total. The molecule has 0 fully saturated rings. The molecule has 6 nitrogen and oxygen atoms in total. The van der Waals surface area contributed by atoms with Crippen molar-refractivity contribution < 1.29 is 9.53 Å². The Morgan fingerprint density at radius 1 is 1.38 bits per heavy atom. The van der Waals surface area contributed by atoms with E-state index in [1.54, 1.807) is 23.0 Å². The molecule has 0 aliphatic rings. The predicted molar refractivity (Wildman–Crippen MR) is 83.7 cm³/mol. The molecule has 0 spiro atoms. The summed E-state index contributed by atoms with van der Waals surface area (Å²) >= 11 is 3.40. The lowest BCUT2D eigenvalue weighted by molar-refractivity contribution is 0.0636. The number of anilines is 1. The van der Waals surface area contributed by atoms with Crippen molar-refractivity contribution in [2.45, 2.75) is 33.3 Å². The smallest absolute Gasteiger partial charge is 0.412 e. The number of carbonyl (C=O) groups excluding carboxylic acids is 1. The van der Waals surface area contributed by atoms with Crippen molar-refractivity contribution in [2.75, 3.05) is 5.32 Å². The van der Waals surface area contributed by atoms with Crippen LogP contribution in [0.3, 0.4) is 0 Å². The number of rotatable bonds is 2. The number of amides is 1. The third-order valence-corrected chi connectivity index (χ3v) is 3.25. The summed E-state index contributed by atoms with van der Waals surface area (Å²) in [6, 6.07) is 3.52. The van der Waals surface area contributed by atoms with Gasteiger partial charge in [0.25, 0.3) is 0 Å². The van der Waals surface area contributed by atoms with Crippen molar-refractivity contribution in [3.8, 4) is 5.82 Å². The maximum Gasteiger partial charge on any atom is 0.412 e. The number of aromatic nitrogens is 3. The van der Waals surface area contributed by atoms with Crippen LogP contribution >= 0.6 is 15.9 Å². The van der Waals surface area contributed by atoms with Crippen LogP contribution in [0, 0.1) is 6.92 Å². The van der Waals surface area contributed by atoms with E-state index in [1.165, 1.54) is 0 Å². The topological polar surface area (TPSA) is 69.0 Å². The highest BCUT2D eigenvalue weighted by Gasteiger charge is 2.16. The zero-order chi connectivity index (χ0) is 15.6. The van der Waals surface area contributed by atoms with E-state index in [2.05, 4.69) is 31.3 Å². The minimum absolute atomic E-state index is 0.505. The Labute approximate surface area is 131 Å². The molecule has 7 heteroatoms. The first-order valence-corrected chi connectivity index (χ1v) is 7.22. The summed E-state index contributed by atoms with van der Waals surface area (Å²) in [6.45, 7) is 7.34. The van der Waals surface area contributed by atoms with Crippen molar-refractivity contribution in [1.29, 1.82) is 0 Å². The van der Waals surface area contributed by atoms with Crippen LogP contribution < -0.4 is 5.32 Å². The highest BCUT2D eigenvalue weighted by Crippen LogP contribution is 2.17. The summed E-state index contributed by atoms with van der Waals surface area (Å²) in [6.07, 6.45) is 2.89. The van der Waals surface area contributed by atoms with Gasteiger partial charge in [-0.15, -0.1) is 0 Å². The molecule has 0 aliphatic carbocycles. The van der Waals surface area contributed by atoms with Gasteiger partial charge < -0.3 is 4.74 Å². The molecule has 0 bridgehead atoms. The van der Waals surface area contributed by atoms with Crippen molar-refractivity contribution in [1.82, 2.24) is 14.8 Å². The third kappa shape index (κ3) is 4.29. The van der Waals surface area contributed by atoms with Crippen molar-refractivity contribution in [3.05, 3.63) is 34.7 Å². The molecular weight excluding hydrogens is 336 g/mol. The highest BCUT2D eigenvalue weighted by molar-refractivity contribution is 9.10. The summed E-state index contributed by atoms with van der Waals surface area (Å²) < 4.78 is 7.75. The maximum absolute atomic E-state index is 11.6. The first kappa shape index (κ1) is 15.5. The van der Waals surface area contributed by atoms with E-state index in [4.69, 9.17) is 4.74 Å². The molecule has 112 valence electrons. The third-order valence-electron chi connectivity index (χ3n) is 2.47. The standard InChI is InChI=1S/C14H17BrN4O2/c1-9-11(15)8-19(18-9)12-6-5-10(7-16-12)17-13(20)21-14(2,3)4/h5-8H,1-4H3,(H,17,20). The largest absolute Gasteiger partial charge is 0.444 e. The molecule has 0 radical (unpaired) electrons. The first-order chi connectivity index (χ1) is 9.74. The van der Waals surface area contributed by atoms with Crippen LogP contribution in [0.5, 0.6) is 0 Å². The molecule has 2 aromatic rings. The second-order valence-corrected chi connectivity index (χ2v) is 6.39. The summed E-state index contributed by atoms with van der Waals surface area (Å²) in [7, 11) is 0. The lowest BCUT2D eigenvalue weighted by Crippen LogP contribution is -2.27. The zero-order valence-electron chi connectivity index (χ0n) is 12.3. The monoisotopic (exact) mass is 352 g/mol. The SMILES string of the molecule is Cc1nn(-c2ccc(NC(=O)OC(C)(C)C)cn2)cc1Br. The molecule has 0 saturated carbocycles. The number of hydrogen-bond acceptors (Lipinski definition) is 4. The molecular formula is C14H17BrN4O2. The van der Waals surface area contributed by atoms with E-state index in [-0.39, 0.29) is 0 Å². The van der Waals surface area contributed by atoms with Gasteiger partial charge in [-0.25, -0.2) is 14.5 Å². The maximum atomic E-state index is 11.6. The van der Waals surface area contributed by atoms with E-state index in [1.807, 2.05) is 33.9 Å². The highest BCUT2D eigenvalue weighted by atomic mass is 79.9. The van der Waals surface area contributed by atoms with E-state index in [0.717, 1.165) is 10.2 Å². The average molecular weight is 353 g/mol. The van der Waals surface area contributed by atoms with Crippen molar-refractivity contribution in [3.63, 3.8) is 0 Å². The van der Waals surface area contributed by atoms with Gasteiger partial charge >= 0.3 is 6.09 Å². The molecule has 0 saturated heterocycles. The van der Waals surface area contributed by atoms with Crippen LogP contribution in [-0.2, 0) is 4.74 Å². The van der Waals surface area contributed by atoms with Crippen LogP contribution in [0.2, 0.25) is 0 Å². The van der Waals surface area contributed by atoms with E-state index in [9.17, 15) is 4.79 Å². The normalized spacial score (nSPS) is 11.3. The fraction of sp³-hybridized carbons (Fsp3) is 0.357. The van der Waals surface area contributed by atoms with Gasteiger partial charge in [0.2, 0.25) is 0 Å². The minimum Gasteiger partial charge on any atom is -0.444 e. The predicted octanol–water partition coefficient (Wildman–Crippen LogP) is 3.69. The van der Waals surface area contributed by atoms with Crippen LogP contribution in [0.1, 0.15) is 26.5 Å². The second-order valence-electron chi connectivity index (χ2n) is 5.54. The Balaban J connectivity index is 2.07. The Bertz CT molecular complexity index is 624. The van der Waals surface area contributed by atoms with Crippen LogP contribution in [-0.4, -0.2) is 26.5 Å². The quantitative estimate of drug-likeness (QED) is 0.894. The number of nitrogens with zero attached hydrogens (tertiary/aromatic N) is 3. The van der Waals surface area contributed by atoms with Crippen LogP contribution in [0.25, 0.3) is 5.82 Å². The van der Waals surface area contributed by atoms with Crippen molar-refractivity contribution >= 4 is 27.7 Å². The first-order valence-electron chi connectivity index (χ1n) is 6.43. The molecule has 21 heavy (non-hydrogen) atoms. The Hall–Kier alpha value is -1.89. The Morgan fingerprint density at radius 3 is 2.57 bits per heavy atom. The van der Waals surface area contributed by atoms with Crippen molar-refractivity contribution in [2.24, 2.45) is 0 Å². The van der Waals surface area contributed by atoms with Gasteiger partial charge in [0.1, 0.15) is 5.60 Å². The summed E-state index contributed by atoms with van der Waals surface area (Å²) in [5.74, 6) is 0.665. The van der Waals surface area contributed by atoms with E-state index < -0.39 is 11.7 Å². The van der Waals surface area contributed by atoms with Crippen LogP contribution in [0.4, 0.5) is 10.5 Å². The number of carbonyl (C=O) groups is 1.